The van der Waals surface area contributed by atoms with E-state index in [0.29, 0.717) is 28.3 Å². The van der Waals surface area contributed by atoms with E-state index in [1.165, 1.54) is 25.3 Å². The lowest BCUT2D eigenvalue weighted by atomic mass is 10.1. The molecule has 31 heavy (non-hydrogen) atoms. The van der Waals surface area contributed by atoms with E-state index in [4.69, 9.17) is 9.15 Å². The highest BCUT2D eigenvalue weighted by Gasteiger charge is 2.38. The fraction of sp³-hybridized carbons (Fsp3) is 0.0435. The summed E-state index contributed by atoms with van der Waals surface area (Å²) in [4.78, 5) is 42.8. The minimum atomic E-state index is -1.18. The van der Waals surface area contributed by atoms with E-state index in [1.54, 1.807) is 24.3 Å². The van der Waals surface area contributed by atoms with Gasteiger partial charge in [-0.15, -0.1) is 0 Å². The van der Waals surface area contributed by atoms with E-state index in [9.17, 15) is 19.5 Å². The van der Waals surface area contributed by atoms with Gasteiger partial charge in [-0.2, -0.15) is 0 Å². The fourth-order valence-corrected chi connectivity index (χ4v) is 3.59. The predicted octanol–water partition coefficient (Wildman–Crippen LogP) is 4.00. The lowest BCUT2D eigenvalue weighted by molar-refractivity contribution is 0.0696. The number of ether oxygens (including phenoxy) is 1. The first kappa shape index (κ1) is 18.6. The van der Waals surface area contributed by atoms with E-state index in [2.05, 4.69) is 4.98 Å². The Kier molecular flexibility index (Phi) is 4.07. The molecule has 1 aromatic heterocycles. The van der Waals surface area contributed by atoms with Crippen LogP contribution in [0.3, 0.4) is 0 Å². The molecule has 1 aliphatic heterocycles. The van der Waals surface area contributed by atoms with Crippen LogP contribution < -0.4 is 9.64 Å². The number of rotatable bonds is 4. The topological polar surface area (TPSA) is 110 Å². The van der Waals surface area contributed by atoms with Crippen molar-refractivity contribution < 1.29 is 28.6 Å². The molecule has 2 heterocycles. The van der Waals surface area contributed by atoms with Gasteiger partial charge in [-0.05, 0) is 48.5 Å². The van der Waals surface area contributed by atoms with Gasteiger partial charge in [0.1, 0.15) is 11.3 Å². The number of benzene rings is 3. The number of carboxylic acid groups (broad SMARTS) is 1. The van der Waals surface area contributed by atoms with Crippen molar-refractivity contribution in [1.29, 1.82) is 0 Å². The lowest BCUT2D eigenvalue weighted by Gasteiger charge is -2.18. The molecule has 0 bridgehead atoms. The number of oxazole rings is 1. The van der Waals surface area contributed by atoms with Crippen LogP contribution in [0.4, 0.5) is 5.69 Å². The van der Waals surface area contributed by atoms with Crippen LogP contribution in [0, 0.1) is 0 Å². The maximum atomic E-state index is 13.1. The number of nitrogens with zero attached hydrogens (tertiary/aromatic N) is 2. The fourth-order valence-electron chi connectivity index (χ4n) is 3.59. The number of para-hydroxylation sites is 2. The summed E-state index contributed by atoms with van der Waals surface area (Å²) in [7, 11) is 1.43. The molecule has 4 aromatic rings. The zero-order valence-electron chi connectivity index (χ0n) is 16.2. The van der Waals surface area contributed by atoms with Crippen molar-refractivity contribution >= 4 is 34.6 Å². The molecule has 1 aliphatic rings. The molecule has 2 amide bonds. The molecule has 0 saturated heterocycles. The number of aromatic nitrogens is 1. The van der Waals surface area contributed by atoms with E-state index < -0.39 is 17.8 Å². The number of amides is 2. The van der Waals surface area contributed by atoms with Crippen LogP contribution in [0.15, 0.2) is 65.1 Å². The van der Waals surface area contributed by atoms with Crippen LogP contribution >= 0.6 is 0 Å². The Balaban J connectivity index is 1.62. The van der Waals surface area contributed by atoms with Gasteiger partial charge in [-0.25, -0.2) is 14.7 Å². The monoisotopic (exact) mass is 414 g/mol. The number of imide groups is 1. The molecule has 0 atom stereocenters. The Morgan fingerprint density at radius 3 is 2.52 bits per heavy atom. The summed E-state index contributed by atoms with van der Waals surface area (Å²) >= 11 is 0. The minimum Gasteiger partial charge on any atom is -0.495 e. The molecule has 5 rings (SSSR count). The van der Waals surface area contributed by atoms with Gasteiger partial charge < -0.3 is 14.3 Å². The SMILES string of the molecule is COc1ccc(-c2nc3ccccc3o2)cc1N1C(=O)c2ccc(C(=O)O)cc2C1=O. The number of carbonyl (C=O) groups is 3. The van der Waals surface area contributed by atoms with E-state index >= 15 is 0 Å². The van der Waals surface area contributed by atoms with Crippen LogP contribution in [-0.2, 0) is 0 Å². The van der Waals surface area contributed by atoms with Crippen molar-refractivity contribution in [3.8, 4) is 17.2 Å². The first-order chi connectivity index (χ1) is 15.0. The highest BCUT2D eigenvalue weighted by molar-refractivity contribution is 6.35. The van der Waals surface area contributed by atoms with Crippen LogP contribution in [-0.4, -0.2) is 35.0 Å². The van der Waals surface area contributed by atoms with Gasteiger partial charge >= 0.3 is 5.97 Å². The van der Waals surface area contributed by atoms with Gasteiger partial charge in [0.2, 0.25) is 5.89 Å². The van der Waals surface area contributed by atoms with Crippen molar-refractivity contribution in [2.75, 3.05) is 12.0 Å². The predicted molar refractivity (Wildman–Crippen MR) is 111 cm³/mol. The molecule has 8 heteroatoms. The van der Waals surface area contributed by atoms with Crippen molar-refractivity contribution in [2.24, 2.45) is 0 Å². The van der Waals surface area contributed by atoms with Gasteiger partial charge in [-0.3, -0.25) is 9.59 Å². The van der Waals surface area contributed by atoms with E-state index in [1.807, 2.05) is 18.2 Å². The van der Waals surface area contributed by atoms with Crippen LogP contribution in [0.5, 0.6) is 5.75 Å². The summed E-state index contributed by atoms with van der Waals surface area (Å²) < 4.78 is 11.2. The number of anilines is 1. The second kappa shape index (κ2) is 6.81. The normalized spacial score (nSPS) is 13.0. The minimum absolute atomic E-state index is 0.0271. The summed E-state index contributed by atoms with van der Waals surface area (Å²) in [6.07, 6.45) is 0. The molecular formula is C23H14N2O6. The van der Waals surface area contributed by atoms with Gasteiger partial charge in [-0.1, -0.05) is 12.1 Å². The number of fused-ring (bicyclic) bond motifs is 2. The first-order valence-corrected chi connectivity index (χ1v) is 9.28. The van der Waals surface area contributed by atoms with Crippen molar-refractivity contribution in [3.05, 3.63) is 77.4 Å². The molecular weight excluding hydrogens is 400 g/mol. The maximum absolute atomic E-state index is 13.1. The molecule has 152 valence electrons. The van der Waals surface area contributed by atoms with Crippen molar-refractivity contribution in [1.82, 2.24) is 4.98 Å². The number of carboxylic acids is 1. The molecule has 0 spiro atoms. The molecule has 0 aliphatic carbocycles. The summed E-state index contributed by atoms with van der Waals surface area (Å²) in [6, 6.07) is 16.0. The first-order valence-electron chi connectivity index (χ1n) is 9.28. The standard InChI is InChI=1S/C23H14N2O6/c1-30-19-9-7-12(20-24-16-4-2-3-5-18(16)31-20)11-17(19)25-21(26)14-8-6-13(23(28)29)10-15(14)22(25)27/h2-11H,1H3,(H,28,29). The Hall–Kier alpha value is -4.46. The molecule has 0 fully saturated rings. The Morgan fingerprint density at radius 1 is 1.00 bits per heavy atom. The summed E-state index contributed by atoms with van der Waals surface area (Å²) in [6.45, 7) is 0. The third kappa shape index (κ3) is 2.84. The molecule has 8 nitrogen and oxygen atoms in total. The highest BCUT2D eigenvalue weighted by atomic mass is 16.5. The number of methoxy groups -OCH3 is 1. The summed E-state index contributed by atoms with van der Waals surface area (Å²) in [5.41, 5.74) is 2.13. The average molecular weight is 414 g/mol. The average Bonchev–Trinajstić information content (AvgIpc) is 3.32. The smallest absolute Gasteiger partial charge is 0.335 e. The van der Waals surface area contributed by atoms with Crippen LogP contribution in [0.25, 0.3) is 22.6 Å². The molecule has 0 saturated carbocycles. The molecule has 3 aromatic carbocycles. The summed E-state index contributed by atoms with van der Waals surface area (Å²) in [5.74, 6) is -1.75. The number of aromatic carboxylic acids is 1. The van der Waals surface area contributed by atoms with Crippen molar-refractivity contribution in [2.45, 2.75) is 0 Å². The molecule has 0 unspecified atom stereocenters. The largest absolute Gasteiger partial charge is 0.495 e. The Labute approximate surface area is 175 Å². The van der Waals surface area contributed by atoms with Crippen LogP contribution in [0.1, 0.15) is 31.1 Å². The van der Waals surface area contributed by atoms with Crippen LogP contribution in [0.2, 0.25) is 0 Å². The summed E-state index contributed by atoms with van der Waals surface area (Å²) in [5, 5.41) is 9.21. The van der Waals surface area contributed by atoms with Gasteiger partial charge in [0.25, 0.3) is 11.8 Å². The zero-order valence-corrected chi connectivity index (χ0v) is 16.2. The Morgan fingerprint density at radius 2 is 1.77 bits per heavy atom. The number of carbonyl (C=O) groups excluding carboxylic acids is 2. The maximum Gasteiger partial charge on any atom is 0.335 e. The van der Waals surface area contributed by atoms with E-state index in [-0.39, 0.29) is 22.4 Å². The third-order valence-electron chi connectivity index (χ3n) is 5.09. The zero-order chi connectivity index (χ0) is 21.7. The Bertz CT molecular complexity index is 1370. The van der Waals surface area contributed by atoms with Crippen molar-refractivity contribution in [3.63, 3.8) is 0 Å². The van der Waals surface area contributed by atoms with Gasteiger partial charge in [0.15, 0.2) is 5.58 Å². The van der Waals surface area contributed by atoms with E-state index in [0.717, 1.165) is 4.90 Å². The number of hydrogen-bond donors (Lipinski definition) is 1. The van der Waals surface area contributed by atoms with Gasteiger partial charge in [0.05, 0.1) is 29.5 Å². The quantitative estimate of drug-likeness (QED) is 0.503. The lowest BCUT2D eigenvalue weighted by Crippen LogP contribution is -2.29. The second-order valence-electron chi connectivity index (χ2n) is 6.88. The second-order valence-corrected chi connectivity index (χ2v) is 6.88. The molecule has 0 radical (unpaired) electrons. The third-order valence-corrected chi connectivity index (χ3v) is 5.09. The number of hydrogen-bond acceptors (Lipinski definition) is 6. The molecule has 1 N–H and O–H groups in total. The highest BCUT2D eigenvalue weighted by Crippen LogP contribution is 2.38. The van der Waals surface area contributed by atoms with Gasteiger partial charge in [0, 0.05) is 5.56 Å².